The van der Waals surface area contributed by atoms with E-state index in [-0.39, 0.29) is 35.5 Å². The number of anilines is 1. The zero-order valence-corrected chi connectivity index (χ0v) is 19.2. The first kappa shape index (κ1) is 28.2. The molecule has 4 rings (SSSR count). The molecule has 0 aromatic heterocycles. The quantitative estimate of drug-likeness (QED) is 0.312. The van der Waals surface area contributed by atoms with Crippen LogP contribution in [0.1, 0.15) is 15.9 Å². The van der Waals surface area contributed by atoms with Crippen LogP contribution in [-0.4, -0.2) is 12.1 Å². The van der Waals surface area contributed by atoms with Crippen molar-refractivity contribution >= 4 is 23.5 Å². The summed E-state index contributed by atoms with van der Waals surface area (Å²) in [4.78, 5) is 15.8. The van der Waals surface area contributed by atoms with Crippen LogP contribution in [0.15, 0.2) is 114 Å². The van der Waals surface area contributed by atoms with Gasteiger partial charge in [0, 0.05) is 36.0 Å². The largest absolute Gasteiger partial charge is 2.00 e. The molecule has 0 fully saturated rings. The number of hydroxylamine groups is 1. The molecule has 0 saturated carbocycles. The second-order valence-corrected chi connectivity index (χ2v) is 6.56. The first-order chi connectivity index (χ1) is 15.6. The Hall–Kier alpha value is -3.88. The van der Waals surface area contributed by atoms with E-state index in [1.807, 2.05) is 0 Å². The molecule has 8 heteroatoms. The van der Waals surface area contributed by atoms with Crippen LogP contribution < -0.4 is 15.3 Å². The van der Waals surface area contributed by atoms with Crippen molar-refractivity contribution in [2.75, 3.05) is 5.06 Å². The van der Waals surface area contributed by atoms with Crippen molar-refractivity contribution in [3.8, 4) is 11.5 Å². The van der Waals surface area contributed by atoms with E-state index < -0.39 is 5.91 Å². The number of amides is 1. The number of hydrogen-bond donors (Lipinski definition) is 0. The Labute approximate surface area is 209 Å². The standard InChI is InChI=1S/C13H11NO2.C13H10NO2.O.V/c15-12-7-3-1-5-10(12)9-14-11-6-2-4-8-13(11)16;15-13(11-7-3-1-4-8-11)14(16)12-9-5-2-6-10-12;;/h1-9,15-16H;1-10H;;/q;-1;-2;/p-2. The van der Waals surface area contributed by atoms with Gasteiger partial charge in [0.15, 0.2) is 0 Å². The van der Waals surface area contributed by atoms with Crippen molar-refractivity contribution in [2.24, 2.45) is 4.99 Å². The predicted octanol–water partition coefficient (Wildman–Crippen LogP) is 4.29. The van der Waals surface area contributed by atoms with Crippen LogP contribution in [-0.2, 0) is 24.0 Å². The zero-order chi connectivity index (χ0) is 22.8. The van der Waals surface area contributed by atoms with Gasteiger partial charge in [0.25, 0.3) is 0 Å². The van der Waals surface area contributed by atoms with Gasteiger partial charge in [-0.2, -0.15) is 0 Å². The second-order valence-electron chi connectivity index (χ2n) is 6.56. The summed E-state index contributed by atoms with van der Waals surface area (Å²) in [6.45, 7) is 0. The number of aliphatic imine (C=N–C) groups is 1. The maximum atomic E-state index is 11.8. The SMILES string of the molecule is O=C(c1ccccc1)N([O-])c1ccccc1.[O-2].[O-]c1ccccc1C=Nc1ccccc1[O-].[V]. The van der Waals surface area contributed by atoms with E-state index in [0.29, 0.717) is 27.6 Å². The van der Waals surface area contributed by atoms with E-state index in [2.05, 4.69) is 4.99 Å². The minimum absolute atomic E-state index is 0. The third kappa shape index (κ3) is 7.92. The van der Waals surface area contributed by atoms with Crippen molar-refractivity contribution in [1.29, 1.82) is 0 Å². The molecule has 1 radical (unpaired) electrons. The fourth-order valence-electron chi connectivity index (χ4n) is 2.67. The van der Waals surface area contributed by atoms with E-state index in [1.54, 1.807) is 97.1 Å². The van der Waals surface area contributed by atoms with Crippen molar-refractivity contribution in [3.05, 3.63) is 126 Å². The Morgan fingerprint density at radius 3 is 1.79 bits per heavy atom. The predicted molar refractivity (Wildman–Crippen MR) is 123 cm³/mol. The summed E-state index contributed by atoms with van der Waals surface area (Å²) >= 11 is 0. The van der Waals surface area contributed by atoms with E-state index in [9.17, 15) is 20.2 Å². The van der Waals surface area contributed by atoms with Gasteiger partial charge >= 0.3 is 0 Å². The van der Waals surface area contributed by atoms with Crippen LogP contribution in [0.3, 0.4) is 0 Å². The summed E-state index contributed by atoms with van der Waals surface area (Å²) in [7, 11) is 0. The van der Waals surface area contributed by atoms with Crippen molar-refractivity contribution < 1.29 is 39.0 Å². The van der Waals surface area contributed by atoms with Crippen molar-refractivity contribution in [1.82, 2.24) is 0 Å². The van der Waals surface area contributed by atoms with Crippen molar-refractivity contribution in [3.63, 3.8) is 0 Å². The minimum atomic E-state index is -0.549. The monoisotopic (exact) mass is 490 g/mol. The molecule has 0 aliphatic heterocycles. The molecule has 0 unspecified atom stereocenters. The van der Waals surface area contributed by atoms with Crippen LogP contribution >= 0.6 is 0 Å². The third-order valence-corrected chi connectivity index (χ3v) is 4.32. The number of carbonyl (C=O) groups is 1. The number of nitrogens with zero attached hydrogens (tertiary/aromatic N) is 2. The summed E-state index contributed by atoms with van der Waals surface area (Å²) in [6.07, 6.45) is 1.42. The van der Waals surface area contributed by atoms with Gasteiger partial charge in [0.2, 0.25) is 5.91 Å². The molecular weight excluding hydrogens is 471 g/mol. The van der Waals surface area contributed by atoms with Gasteiger partial charge in [-0.3, -0.25) is 9.79 Å². The molecule has 4 aromatic rings. The average molecular weight is 490 g/mol. The molecule has 173 valence electrons. The Morgan fingerprint density at radius 2 is 1.21 bits per heavy atom. The summed E-state index contributed by atoms with van der Waals surface area (Å²) in [5, 5.41) is 34.8. The van der Waals surface area contributed by atoms with E-state index in [1.165, 1.54) is 18.3 Å². The van der Waals surface area contributed by atoms with Gasteiger partial charge in [0.05, 0.1) is 5.69 Å². The van der Waals surface area contributed by atoms with Gasteiger partial charge < -0.3 is 26.0 Å². The number of benzene rings is 4. The molecule has 0 spiro atoms. The van der Waals surface area contributed by atoms with Crippen LogP contribution in [0.25, 0.3) is 0 Å². The summed E-state index contributed by atoms with van der Waals surface area (Å²) in [5.41, 5.74) is 1.55. The van der Waals surface area contributed by atoms with E-state index >= 15 is 0 Å². The molecule has 0 aliphatic rings. The van der Waals surface area contributed by atoms with Crippen LogP contribution in [0.2, 0.25) is 0 Å². The molecule has 34 heavy (non-hydrogen) atoms. The average Bonchev–Trinajstić information content (AvgIpc) is 2.85. The van der Waals surface area contributed by atoms with Gasteiger partial charge in [-0.05, 0) is 35.9 Å². The van der Waals surface area contributed by atoms with Gasteiger partial charge in [-0.25, -0.2) is 0 Å². The van der Waals surface area contributed by atoms with Gasteiger partial charge in [-0.15, -0.1) is 5.75 Å². The Balaban J connectivity index is 0.000000321. The number of hydrogen-bond acceptors (Lipinski definition) is 5. The Morgan fingerprint density at radius 1 is 0.706 bits per heavy atom. The number of rotatable bonds is 4. The number of carbonyl (C=O) groups excluding carboxylic acids is 1. The smallest absolute Gasteiger partial charge is 0.247 e. The van der Waals surface area contributed by atoms with Crippen molar-refractivity contribution in [2.45, 2.75) is 0 Å². The van der Waals surface area contributed by atoms with E-state index in [0.717, 1.165) is 0 Å². The summed E-state index contributed by atoms with van der Waals surface area (Å²) < 4.78 is 0. The Kier molecular flexibility index (Phi) is 11.9. The van der Waals surface area contributed by atoms with Gasteiger partial charge in [0.1, 0.15) is 0 Å². The normalized spacial score (nSPS) is 9.68. The first-order valence-electron chi connectivity index (χ1n) is 9.74. The molecule has 0 N–H and O–H groups in total. The first-order valence-corrected chi connectivity index (χ1v) is 9.74. The maximum absolute atomic E-state index is 11.8. The van der Waals surface area contributed by atoms with Crippen LogP contribution in [0.5, 0.6) is 11.5 Å². The summed E-state index contributed by atoms with van der Waals surface area (Å²) in [5.74, 6) is -0.802. The summed E-state index contributed by atoms with van der Waals surface area (Å²) in [6, 6.07) is 29.9. The number of para-hydroxylation sites is 4. The fourth-order valence-corrected chi connectivity index (χ4v) is 2.67. The topological polar surface area (TPSA) is 130 Å². The third-order valence-electron chi connectivity index (χ3n) is 4.32. The molecule has 1 amide bonds. The zero-order valence-electron chi connectivity index (χ0n) is 17.9. The van der Waals surface area contributed by atoms with Gasteiger partial charge in [-0.1, -0.05) is 84.6 Å². The molecule has 0 atom stereocenters. The molecule has 0 heterocycles. The fraction of sp³-hybridized carbons (Fsp3) is 0. The molecule has 4 aromatic carbocycles. The Bertz CT molecular complexity index is 1140. The molecular formula is C26H19N2O5V-5. The molecule has 7 nitrogen and oxygen atoms in total. The molecule has 0 aliphatic carbocycles. The second kappa shape index (κ2) is 14.3. The van der Waals surface area contributed by atoms with Crippen LogP contribution in [0.4, 0.5) is 11.4 Å². The molecule has 0 bridgehead atoms. The maximum Gasteiger partial charge on any atom is 0.247 e. The van der Waals surface area contributed by atoms with E-state index in [4.69, 9.17) is 0 Å². The molecule has 0 saturated heterocycles. The van der Waals surface area contributed by atoms with Crippen LogP contribution in [0, 0.1) is 5.21 Å². The minimum Gasteiger partial charge on any atom is -2.00 e.